The fraction of sp³-hybridized carbons (Fsp3) is 0.462. The Kier molecular flexibility index (Phi) is 3.52. The third-order valence-electron chi connectivity index (χ3n) is 3.21. The molecule has 1 fully saturated rings. The minimum atomic E-state index is 0.0189. The van der Waals surface area contributed by atoms with Gasteiger partial charge in [-0.3, -0.25) is 4.90 Å². The number of nitrogens with one attached hydrogen (secondary N) is 1. The van der Waals surface area contributed by atoms with Crippen molar-refractivity contribution >= 4 is 0 Å². The number of rotatable bonds is 3. The maximum Gasteiger partial charge on any atom is 0.125 e. The quantitative estimate of drug-likeness (QED) is 0.893. The number of ether oxygens (including phenoxy) is 1. The molecule has 1 N–H and O–H groups in total. The summed E-state index contributed by atoms with van der Waals surface area (Å²) < 4.78 is 5.81. The predicted molar refractivity (Wildman–Crippen MR) is 69.3 cm³/mol. The van der Waals surface area contributed by atoms with E-state index in [1.807, 2.05) is 19.2 Å². The summed E-state index contributed by atoms with van der Waals surface area (Å²) in [6.45, 7) is 5.18. The maximum absolute atomic E-state index is 5.81. The van der Waals surface area contributed by atoms with Crippen molar-refractivity contribution in [3.05, 3.63) is 42.0 Å². The lowest BCUT2D eigenvalue weighted by Gasteiger charge is -2.32. The molecule has 2 aromatic heterocycles. The van der Waals surface area contributed by atoms with Gasteiger partial charge in [0, 0.05) is 31.7 Å². The molecular weight excluding hydrogens is 242 g/mol. The second kappa shape index (κ2) is 5.46. The van der Waals surface area contributed by atoms with Gasteiger partial charge in [-0.1, -0.05) is 0 Å². The Morgan fingerprint density at radius 3 is 3.16 bits per heavy atom. The van der Waals surface area contributed by atoms with Gasteiger partial charge >= 0.3 is 0 Å². The van der Waals surface area contributed by atoms with E-state index in [0.717, 1.165) is 37.0 Å². The second-order valence-corrected chi connectivity index (χ2v) is 4.66. The van der Waals surface area contributed by atoms with E-state index in [2.05, 4.69) is 24.8 Å². The van der Waals surface area contributed by atoms with Crippen molar-refractivity contribution in [3.8, 4) is 0 Å². The molecule has 1 unspecified atom stereocenters. The molecule has 0 spiro atoms. The van der Waals surface area contributed by atoms with Crippen LogP contribution in [-0.2, 0) is 11.3 Å². The van der Waals surface area contributed by atoms with E-state index in [1.54, 1.807) is 12.4 Å². The van der Waals surface area contributed by atoms with Crippen molar-refractivity contribution < 1.29 is 4.74 Å². The highest BCUT2D eigenvalue weighted by Crippen LogP contribution is 2.21. The highest BCUT2D eigenvalue weighted by atomic mass is 16.5. The Morgan fingerprint density at radius 2 is 2.37 bits per heavy atom. The molecule has 6 nitrogen and oxygen atoms in total. The summed E-state index contributed by atoms with van der Waals surface area (Å²) in [5.41, 5.74) is 0.955. The van der Waals surface area contributed by atoms with Gasteiger partial charge in [0.25, 0.3) is 0 Å². The Hall–Kier alpha value is -1.79. The van der Waals surface area contributed by atoms with Crippen LogP contribution in [0.2, 0.25) is 0 Å². The van der Waals surface area contributed by atoms with Crippen LogP contribution in [0.15, 0.2) is 24.7 Å². The molecule has 19 heavy (non-hydrogen) atoms. The lowest BCUT2D eigenvalue weighted by atomic mass is 10.2. The van der Waals surface area contributed by atoms with Crippen LogP contribution in [0.3, 0.4) is 0 Å². The first-order chi connectivity index (χ1) is 9.31. The number of aromatic amines is 1. The molecule has 0 aromatic carbocycles. The topological polar surface area (TPSA) is 66.9 Å². The van der Waals surface area contributed by atoms with Crippen LogP contribution in [0.1, 0.15) is 23.4 Å². The maximum atomic E-state index is 5.81. The van der Waals surface area contributed by atoms with Crippen LogP contribution in [0, 0.1) is 6.92 Å². The van der Waals surface area contributed by atoms with E-state index in [4.69, 9.17) is 4.74 Å². The standard InChI is InChI=1S/C13H17N5O/c1-10-14-3-2-11(17-10)12-8-18(6-7-19-12)9-13-15-4-5-16-13/h2-5,12H,6-9H2,1H3,(H,15,16). The number of nitrogens with zero attached hydrogens (tertiary/aromatic N) is 4. The highest BCUT2D eigenvalue weighted by Gasteiger charge is 2.23. The molecule has 6 heteroatoms. The average molecular weight is 259 g/mol. The number of aryl methyl sites for hydroxylation is 1. The zero-order chi connectivity index (χ0) is 13.1. The highest BCUT2D eigenvalue weighted by molar-refractivity contribution is 5.07. The van der Waals surface area contributed by atoms with Gasteiger partial charge in [-0.05, 0) is 13.0 Å². The van der Waals surface area contributed by atoms with Crippen LogP contribution < -0.4 is 0 Å². The van der Waals surface area contributed by atoms with Crippen LogP contribution in [0.4, 0.5) is 0 Å². The number of hydrogen-bond acceptors (Lipinski definition) is 5. The molecule has 3 rings (SSSR count). The van der Waals surface area contributed by atoms with Crippen molar-refractivity contribution in [2.75, 3.05) is 19.7 Å². The Labute approximate surface area is 111 Å². The van der Waals surface area contributed by atoms with Gasteiger partial charge in [0.1, 0.15) is 17.8 Å². The van der Waals surface area contributed by atoms with Gasteiger partial charge in [0.2, 0.25) is 0 Å². The summed E-state index contributed by atoms with van der Waals surface area (Å²) in [4.78, 5) is 18.3. The third kappa shape index (κ3) is 2.97. The third-order valence-corrected chi connectivity index (χ3v) is 3.21. The number of imidazole rings is 1. The van der Waals surface area contributed by atoms with E-state index in [1.165, 1.54) is 0 Å². The molecule has 0 saturated carbocycles. The Bertz CT molecular complexity index is 528. The minimum absolute atomic E-state index is 0.0189. The van der Waals surface area contributed by atoms with E-state index in [9.17, 15) is 0 Å². The van der Waals surface area contributed by atoms with Gasteiger partial charge in [-0.2, -0.15) is 0 Å². The minimum Gasteiger partial charge on any atom is -0.369 e. The van der Waals surface area contributed by atoms with Crippen LogP contribution in [0.25, 0.3) is 0 Å². The Morgan fingerprint density at radius 1 is 1.42 bits per heavy atom. The molecular formula is C13H17N5O. The van der Waals surface area contributed by atoms with Crippen molar-refractivity contribution in [1.29, 1.82) is 0 Å². The van der Waals surface area contributed by atoms with Crippen LogP contribution in [-0.4, -0.2) is 44.5 Å². The zero-order valence-corrected chi connectivity index (χ0v) is 10.9. The van der Waals surface area contributed by atoms with Crippen molar-refractivity contribution in [3.63, 3.8) is 0 Å². The molecule has 2 aromatic rings. The van der Waals surface area contributed by atoms with Crippen LogP contribution >= 0.6 is 0 Å². The monoisotopic (exact) mass is 259 g/mol. The fourth-order valence-corrected chi connectivity index (χ4v) is 2.28. The van der Waals surface area contributed by atoms with Crippen molar-refractivity contribution in [2.45, 2.75) is 19.6 Å². The molecule has 3 heterocycles. The average Bonchev–Trinajstić information content (AvgIpc) is 2.92. The van der Waals surface area contributed by atoms with Gasteiger partial charge < -0.3 is 9.72 Å². The summed E-state index contributed by atoms with van der Waals surface area (Å²) >= 11 is 0. The van der Waals surface area contributed by atoms with Crippen LogP contribution in [0.5, 0.6) is 0 Å². The van der Waals surface area contributed by atoms with E-state index in [-0.39, 0.29) is 6.10 Å². The summed E-state index contributed by atoms with van der Waals surface area (Å²) in [6, 6.07) is 1.92. The Balaban J connectivity index is 1.67. The van der Waals surface area contributed by atoms with Gasteiger partial charge in [-0.15, -0.1) is 0 Å². The number of morpholine rings is 1. The first-order valence-corrected chi connectivity index (χ1v) is 6.43. The summed E-state index contributed by atoms with van der Waals surface area (Å²) in [5.74, 6) is 1.77. The van der Waals surface area contributed by atoms with E-state index in [0.29, 0.717) is 6.61 Å². The molecule has 0 radical (unpaired) electrons. The van der Waals surface area contributed by atoms with Gasteiger partial charge in [0.05, 0.1) is 18.8 Å². The first-order valence-electron chi connectivity index (χ1n) is 6.43. The first kappa shape index (κ1) is 12.3. The molecule has 100 valence electrons. The summed E-state index contributed by atoms with van der Waals surface area (Å²) in [6.07, 6.45) is 5.43. The van der Waals surface area contributed by atoms with Gasteiger partial charge in [0.15, 0.2) is 0 Å². The molecule has 0 bridgehead atoms. The predicted octanol–water partition coefficient (Wildman–Crippen LogP) is 1.08. The lowest BCUT2D eigenvalue weighted by Crippen LogP contribution is -2.38. The largest absolute Gasteiger partial charge is 0.369 e. The molecule has 1 aliphatic heterocycles. The molecule has 1 saturated heterocycles. The van der Waals surface area contributed by atoms with E-state index >= 15 is 0 Å². The number of aromatic nitrogens is 4. The second-order valence-electron chi connectivity index (χ2n) is 4.66. The SMILES string of the molecule is Cc1nccc(C2CN(Cc3ncc[nH]3)CCO2)n1. The number of H-pyrrole nitrogens is 1. The van der Waals surface area contributed by atoms with Crippen molar-refractivity contribution in [1.82, 2.24) is 24.8 Å². The molecule has 0 aliphatic carbocycles. The fourth-order valence-electron chi connectivity index (χ4n) is 2.28. The molecule has 1 aliphatic rings. The molecule has 0 amide bonds. The zero-order valence-electron chi connectivity index (χ0n) is 10.9. The summed E-state index contributed by atoms with van der Waals surface area (Å²) in [7, 11) is 0. The van der Waals surface area contributed by atoms with Gasteiger partial charge in [-0.25, -0.2) is 15.0 Å². The van der Waals surface area contributed by atoms with Crippen molar-refractivity contribution in [2.24, 2.45) is 0 Å². The molecule has 1 atom stereocenters. The number of hydrogen-bond donors (Lipinski definition) is 1. The van der Waals surface area contributed by atoms with E-state index < -0.39 is 0 Å². The smallest absolute Gasteiger partial charge is 0.125 e. The normalized spacial score (nSPS) is 20.6. The lowest BCUT2D eigenvalue weighted by molar-refractivity contribution is -0.0357. The summed E-state index contributed by atoms with van der Waals surface area (Å²) in [5, 5.41) is 0.